The van der Waals surface area contributed by atoms with Crippen molar-refractivity contribution in [3.05, 3.63) is 0 Å². The largest absolute Gasteiger partial charge is 0.328 e. The molecule has 0 atom stereocenters. The van der Waals surface area contributed by atoms with Gasteiger partial charge in [0, 0.05) is 18.9 Å². The minimum absolute atomic E-state index is 0.370. The molecule has 0 aromatic rings. The normalized spacial score (nSPS) is 44.1. The fraction of sp³-hybridized carbons (Fsp3) is 0.889. The molecule has 11 heavy (non-hydrogen) atoms. The van der Waals surface area contributed by atoms with Gasteiger partial charge in [-0.05, 0) is 31.1 Å². The maximum atomic E-state index is 11.1. The fourth-order valence-corrected chi connectivity index (χ4v) is 2.66. The average molecular weight is 153 g/mol. The first-order chi connectivity index (χ1) is 5.20. The van der Waals surface area contributed by atoms with E-state index in [0.29, 0.717) is 17.2 Å². The van der Waals surface area contributed by atoms with E-state index in [1.54, 1.807) is 0 Å². The highest BCUT2D eigenvalue weighted by Crippen LogP contribution is 2.49. The zero-order chi connectivity index (χ0) is 7.90. The second kappa shape index (κ2) is 2.31. The molecule has 2 fully saturated rings. The zero-order valence-electron chi connectivity index (χ0n) is 6.81. The van der Waals surface area contributed by atoms with Crippen LogP contribution in [-0.4, -0.2) is 11.8 Å². The molecular formula is C9H15NO. The number of carbonyl (C=O) groups excluding carboxylic acids is 1. The van der Waals surface area contributed by atoms with Crippen molar-refractivity contribution in [1.82, 2.24) is 0 Å². The minimum atomic E-state index is 0.370. The summed E-state index contributed by atoms with van der Waals surface area (Å²) >= 11 is 0. The van der Waals surface area contributed by atoms with Crippen LogP contribution in [0.25, 0.3) is 0 Å². The summed E-state index contributed by atoms with van der Waals surface area (Å²) in [4.78, 5) is 11.1. The summed E-state index contributed by atoms with van der Waals surface area (Å²) in [6.45, 7) is 0. The molecule has 0 amide bonds. The van der Waals surface area contributed by atoms with E-state index in [2.05, 4.69) is 0 Å². The van der Waals surface area contributed by atoms with Gasteiger partial charge in [0.1, 0.15) is 5.78 Å². The van der Waals surface area contributed by atoms with E-state index in [-0.39, 0.29) is 0 Å². The van der Waals surface area contributed by atoms with E-state index in [1.165, 1.54) is 6.42 Å². The number of hydrogen-bond acceptors (Lipinski definition) is 2. The summed E-state index contributed by atoms with van der Waals surface area (Å²) in [5, 5.41) is 0. The van der Waals surface area contributed by atoms with Crippen LogP contribution in [0.1, 0.15) is 38.5 Å². The van der Waals surface area contributed by atoms with Gasteiger partial charge in [-0.25, -0.2) is 0 Å². The smallest absolute Gasteiger partial charge is 0.133 e. The second-order valence-corrected chi connectivity index (χ2v) is 4.24. The fourth-order valence-electron chi connectivity index (χ4n) is 2.66. The molecule has 2 aliphatic rings. The van der Waals surface area contributed by atoms with Crippen LogP contribution in [0.15, 0.2) is 0 Å². The Hall–Kier alpha value is -0.370. The third-order valence-electron chi connectivity index (χ3n) is 3.13. The van der Waals surface area contributed by atoms with Crippen molar-refractivity contribution in [2.45, 2.75) is 44.6 Å². The molecule has 62 valence electrons. The number of carbonyl (C=O) groups is 1. The van der Waals surface area contributed by atoms with Crippen molar-refractivity contribution in [1.29, 1.82) is 0 Å². The van der Waals surface area contributed by atoms with Crippen LogP contribution >= 0.6 is 0 Å². The molecule has 0 unspecified atom stereocenters. The molecule has 1 spiro atoms. The topological polar surface area (TPSA) is 43.1 Å². The standard InChI is InChI=1S/C9H15NO/c10-7-4-9(5-7)3-1-2-8(11)6-9/h7H,1-6,10H2. The Morgan fingerprint density at radius 1 is 1.45 bits per heavy atom. The van der Waals surface area contributed by atoms with Crippen LogP contribution < -0.4 is 5.73 Å². The Morgan fingerprint density at radius 2 is 2.18 bits per heavy atom. The Bertz CT molecular complexity index is 176. The first-order valence-corrected chi connectivity index (χ1v) is 4.48. The Labute approximate surface area is 67.1 Å². The van der Waals surface area contributed by atoms with Crippen molar-refractivity contribution in [3.63, 3.8) is 0 Å². The van der Waals surface area contributed by atoms with Crippen LogP contribution in [0.4, 0.5) is 0 Å². The predicted molar refractivity (Wildman–Crippen MR) is 43.1 cm³/mol. The van der Waals surface area contributed by atoms with Crippen molar-refractivity contribution >= 4 is 5.78 Å². The van der Waals surface area contributed by atoms with Gasteiger partial charge in [-0.15, -0.1) is 0 Å². The molecule has 2 heteroatoms. The van der Waals surface area contributed by atoms with Crippen molar-refractivity contribution in [3.8, 4) is 0 Å². The summed E-state index contributed by atoms with van der Waals surface area (Å²) in [7, 11) is 0. The Balaban J connectivity index is 1.98. The second-order valence-electron chi connectivity index (χ2n) is 4.24. The molecule has 0 saturated heterocycles. The SMILES string of the molecule is NC1CC2(CCCC(=O)C2)C1. The van der Waals surface area contributed by atoms with Crippen LogP contribution in [0.2, 0.25) is 0 Å². The maximum Gasteiger partial charge on any atom is 0.133 e. The van der Waals surface area contributed by atoms with Gasteiger partial charge >= 0.3 is 0 Å². The van der Waals surface area contributed by atoms with Gasteiger partial charge in [0.05, 0.1) is 0 Å². The van der Waals surface area contributed by atoms with Crippen LogP contribution in [-0.2, 0) is 4.79 Å². The monoisotopic (exact) mass is 153 g/mol. The lowest BCUT2D eigenvalue weighted by molar-refractivity contribution is -0.126. The van der Waals surface area contributed by atoms with Gasteiger partial charge in [0.2, 0.25) is 0 Å². The van der Waals surface area contributed by atoms with Crippen LogP contribution in [0, 0.1) is 5.41 Å². The minimum Gasteiger partial charge on any atom is -0.328 e. The predicted octanol–water partition coefficient (Wildman–Crippen LogP) is 1.24. The highest BCUT2D eigenvalue weighted by Gasteiger charge is 2.44. The molecule has 0 aliphatic heterocycles. The quantitative estimate of drug-likeness (QED) is 0.569. The molecule has 0 aromatic heterocycles. The Morgan fingerprint density at radius 3 is 2.73 bits per heavy atom. The Kier molecular flexibility index (Phi) is 1.53. The molecule has 0 bridgehead atoms. The van der Waals surface area contributed by atoms with Gasteiger partial charge < -0.3 is 5.73 Å². The summed E-state index contributed by atoms with van der Waals surface area (Å²) in [5.74, 6) is 0.461. The highest BCUT2D eigenvalue weighted by molar-refractivity contribution is 5.80. The molecular weight excluding hydrogens is 138 g/mol. The van der Waals surface area contributed by atoms with Crippen molar-refractivity contribution in [2.24, 2.45) is 11.1 Å². The number of rotatable bonds is 0. The zero-order valence-corrected chi connectivity index (χ0v) is 6.81. The first kappa shape index (κ1) is 7.29. The molecule has 2 N–H and O–H groups in total. The molecule has 2 aliphatic carbocycles. The van der Waals surface area contributed by atoms with Crippen molar-refractivity contribution in [2.75, 3.05) is 0 Å². The lowest BCUT2D eigenvalue weighted by Crippen LogP contribution is -2.48. The summed E-state index contributed by atoms with van der Waals surface area (Å²) in [6.07, 6.45) is 6.17. The van der Waals surface area contributed by atoms with E-state index in [9.17, 15) is 4.79 Å². The number of hydrogen-bond donors (Lipinski definition) is 1. The van der Waals surface area contributed by atoms with E-state index in [1.807, 2.05) is 0 Å². The third-order valence-corrected chi connectivity index (χ3v) is 3.13. The molecule has 2 saturated carbocycles. The number of ketones is 1. The molecule has 2 rings (SSSR count). The van der Waals surface area contributed by atoms with Gasteiger partial charge in [-0.2, -0.15) is 0 Å². The van der Waals surface area contributed by atoms with Gasteiger partial charge in [-0.1, -0.05) is 0 Å². The van der Waals surface area contributed by atoms with E-state index in [4.69, 9.17) is 5.73 Å². The van der Waals surface area contributed by atoms with Gasteiger partial charge in [0.15, 0.2) is 0 Å². The van der Waals surface area contributed by atoms with Crippen molar-refractivity contribution < 1.29 is 4.79 Å². The molecule has 0 heterocycles. The first-order valence-electron chi connectivity index (χ1n) is 4.48. The molecule has 2 nitrogen and oxygen atoms in total. The summed E-state index contributed by atoms with van der Waals surface area (Å²) < 4.78 is 0. The third kappa shape index (κ3) is 1.20. The van der Waals surface area contributed by atoms with Gasteiger partial charge in [0.25, 0.3) is 0 Å². The van der Waals surface area contributed by atoms with Crippen LogP contribution in [0.3, 0.4) is 0 Å². The maximum absolute atomic E-state index is 11.1. The number of nitrogens with two attached hydrogens (primary N) is 1. The number of Topliss-reactive ketones (excluding diaryl/α,β-unsaturated/α-hetero) is 1. The molecule has 0 aromatic carbocycles. The van der Waals surface area contributed by atoms with E-state index in [0.717, 1.165) is 32.1 Å². The van der Waals surface area contributed by atoms with Gasteiger partial charge in [-0.3, -0.25) is 4.79 Å². The highest BCUT2D eigenvalue weighted by atomic mass is 16.1. The lowest BCUT2D eigenvalue weighted by Gasteiger charge is -2.48. The summed E-state index contributed by atoms with van der Waals surface area (Å²) in [6, 6.07) is 0.390. The molecule has 0 radical (unpaired) electrons. The van der Waals surface area contributed by atoms with Crippen LogP contribution in [0.5, 0.6) is 0 Å². The average Bonchev–Trinajstić information content (AvgIpc) is 1.84. The lowest BCUT2D eigenvalue weighted by atomic mass is 9.58. The summed E-state index contributed by atoms with van der Waals surface area (Å²) in [5.41, 5.74) is 6.09. The van der Waals surface area contributed by atoms with E-state index >= 15 is 0 Å². The van der Waals surface area contributed by atoms with E-state index < -0.39 is 0 Å².